The number of hydrogen-bond donors (Lipinski definition) is 1. The topological polar surface area (TPSA) is 84.2 Å². The minimum absolute atomic E-state index is 0.0564. The molecule has 0 spiro atoms. The van der Waals surface area contributed by atoms with Crippen molar-refractivity contribution in [2.75, 3.05) is 32.0 Å². The summed E-state index contributed by atoms with van der Waals surface area (Å²) in [5.41, 5.74) is 0.766. The second-order valence-corrected chi connectivity index (χ2v) is 5.48. The number of nitrogens with one attached hydrogen (secondary N) is 1. The third-order valence-corrected chi connectivity index (χ3v) is 3.88. The summed E-state index contributed by atoms with van der Waals surface area (Å²) in [6, 6.07) is 4.65. The van der Waals surface area contributed by atoms with Crippen LogP contribution in [0.3, 0.4) is 0 Å². The SMILES string of the molecule is CN1CCC(CNc2ncnc3ccc([N+](=O)[O-])cc23)C1. The molecule has 1 aromatic heterocycles. The number of non-ortho nitro benzene ring substituents is 1. The van der Waals surface area contributed by atoms with Gasteiger partial charge in [0.15, 0.2) is 0 Å². The fourth-order valence-corrected chi connectivity index (χ4v) is 2.73. The highest BCUT2D eigenvalue weighted by molar-refractivity contribution is 5.90. The van der Waals surface area contributed by atoms with Crippen molar-refractivity contribution in [1.82, 2.24) is 14.9 Å². The molecule has 1 aliphatic heterocycles. The third kappa shape index (κ3) is 2.92. The van der Waals surface area contributed by atoms with Crippen molar-refractivity contribution in [2.45, 2.75) is 6.42 Å². The van der Waals surface area contributed by atoms with Crippen molar-refractivity contribution in [2.24, 2.45) is 5.92 Å². The Balaban J connectivity index is 1.83. The molecule has 1 fully saturated rings. The average Bonchev–Trinajstić information content (AvgIpc) is 2.90. The molecule has 0 radical (unpaired) electrons. The summed E-state index contributed by atoms with van der Waals surface area (Å²) in [6.07, 6.45) is 2.64. The van der Waals surface area contributed by atoms with Gasteiger partial charge in [-0.3, -0.25) is 10.1 Å². The molecule has 2 aromatic rings. The minimum Gasteiger partial charge on any atom is -0.369 e. The predicted octanol–water partition coefficient (Wildman–Crippen LogP) is 1.90. The van der Waals surface area contributed by atoms with Gasteiger partial charge in [-0.05, 0) is 32.0 Å². The van der Waals surface area contributed by atoms with E-state index in [-0.39, 0.29) is 5.69 Å². The van der Waals surface area contributed by atoms with E-state index in [1.54, 1.807) is 6.07 Å². The highest BCUT2D eigenvalue weighted by atomic mass is 16.6. The zero-order valence-corrected chi connectivity index (χ0v) is 11.8. The highest BCUT2D eigenvalue weighted by Gasteiger charge is 2.19. The van der Waals surface area contributed by atoms with E-state index in [1.807, 2.05) is 0 Å². The molecular formula is C14H17N5O2. The lowest BCUT2D eigenvalue weighted by molar-refractivity contribution is -0.384. The van der Waals surface area contributed by atoms with Crippen LogP contribution in [0.1, 0.15) is 6.42 Å². The monoisotopic (exact) mass is 287 g/mol. The molecule has 0 amide bonds. The molecular weight excluding hydrogens is 270 g/mol. The molecule has 1 N–H and O–H groups in total. The number of rotatable bonds is 4. The van der Waals surface area contributed by atoms with Crippen LogP contribution in [0, 0.1) is 16.0 Å². The van der Waals surface area contributed by atoms with Gasteiger partial charge in [0.25, 0.3) is 5.69 Å². The van der Waals surface area contributed by atoms with E-state index in [0.29, 0.717) is 22.6 Å². The lowest BCUT2D eigenvalue weighted by atomic mass is 10.1. The first-order valence-corrected chi connectivity index (χ1v) is 6.95. The third-order valence-electron chi connectivity index (χ3n) is 3.88. The van der Waals surface area contributed by atoms with Gasteiger partial charge in [0, 0.05) is 30.6 Å². The number of nitro benzene ring substituents is 1. The van der Waals surface area contributed by atoms with Crippen LogP contribution >= 0.6 is 0 Å². The first-order chi connectivity index (χ1) is 10.1. The first kappa shape index (κ1) is 13.7. The summed E-state index contributed by atoms with van der Waals surface area (Å²) in [5, 5.41) is 14.9. The Morgan fingerprint density at radius 3 is 3.05 bits per heavy atom. The molecule has 0 bridgehead atoms. The Kier molecular flexibility index (Phi) is 3.66. The van der Waals surface area contributed by atoms with Crippen LogP contribution in [0.15, 0.2) is 24.5 Å². The number of hydrogen-bond acceptors (Lipinski definition) is 6. The summed E-state index contributed by atoms with van der Waals surface area (Å²) in [6.45, 7) is 3.00. The van der Waals surface area contributed by atoms with Gasteiger partial charge in [-0.25, -0.2) is 9.97 Å². The molecule has 1 atom stereocenters. The van der Waals surface area contributed by atoms with Crippen LogP contribution in [0.4, 0.5) is 11.5 Å². The Morgan fingerprint density at radius 1 is 1.48 bits per heavy atom. The maximum absolute atomic E-state index is 10.9. The van der Waals surface area contributed by atoms with E-state index in [0.717, 1.165) is 26.1 Å². The summed E-state index contributed by atoms with van der Waals surface area (Å²) in [4.78, 5) is 21.2. The Bertz CT molecular complexity index is 675. The van der Waals surface area contributed by atoms with E-state index >= 15 is 0 Å². The maximum atomic E-state index is 10.9. The molecule has 7 nitrogen and oxygen atoms in total. The van der Waals surface area contributed by atoms with Crippen LogP contribution in [-0.2, 0) is 0 Å². The summed E-state index contributed by atoms with van der Waals surface area (Å²) < 4.78 is 0. The number of aromatic nitrogens is 2. The van der Waals surface area contributed by atoms with Crippen LogP contribution in [-0.4, -0.2) is 46.5 Å². The molecule has 21 heavy (non-hydrogen) atoms. The van der Waals surface area contributed by atoms with E-state index < -0.39 is 4.92 Å². The molecule has 1 aromatic carbocycles. The standard InChI is InChI=1S/C14H17N5O2/c1-18-5-4-10(8-18)7-15-14-12-6-11(19(20)21)2-3-13(12)16-9-17-14/h2-3,6,9-10H,4-5,7-8H2,1H3,(H,15,16,17). The van der Waals surface area contributed by atoms with Gasteiger partial charge in [-0.15, -0.1) is 0 Å². The Hall–Kier alpha value is -2.28. The van der Waals surface area contributed by atoms with Crippen LogP contribution in [0.5, 0.6) is 0 Å². The van der Waals surface area contributed by atoms with E-state index in [4.69, 9.17) is 0 Å². The highest BCUT2D eigenvalue weighted by Crippen LogP contribution is 2.25. The summed E-state index contributed by atoms with van der Waals surface area (Å²) in [5.74, 6) is 1.25. The minimum atomic E-state index is -0.401. The van der Waals surface area contributed by atoms with E-state index in [1.165, 1.54) is 18.5 Å². The first-order valence-electron chi connectivity index (χ1n) is 6.95. The number of anilines is 1. The number of fused-ring (bicyclic) bond motifs is 1. The van der Waals surface area contributed by atoms with Crippen molar-refractivity contribution in [1.29, 1.82) is 0 Å². The normalized spacial score (nSPS) is 19.0. The molecule has 0 aliphatic carbocycles. The van der Waals surface area contributed by atoms with Crippen LogP contribution in [0.2, 0.25) is 0 Å². The summed E-state index contributed by atoms with van der Waals surface area (Å²) in [7, 11) is 2.11. The quantitative estimate of drug-likeness (QED) is 0.683. The van der Waals surface area contributed by atoms with Crippen molar-refractivity contribution < 1.29 is 4.92 Å². The van der Waals surface area contributed by atoms with Crippen molar-refractivity contribution >= 4 is 22.4 Å². The fraction of sp³-hybridized carbons (Fsp3) is 0.429. The maximum Gasteiger partial charge on any atom is 0.270 e. The van der Waals surface area contributed by atoms with E-state index in [2.05, 4.69) is 27.2 Å². The van der Waals surface area contributed by atoms with E-state index in [9.17, 15) is 10.1 Å². The van der Waals surface area contributed by atoms with Gasteiger partial charge < -0.3 is 10.2 Å². The van der Waals surface area contributed by atoms with Crippen molar-refractivity contribution in [3.8, 4) is 0 Å². The van der Waals surface area contributed by atoms with Gasteiger partial charge in [-0.1, -0.05) is 0 Å². The largest absolute Gasteiger partial charge is 0.369 e. The second-order valence-electron chi connectivity index (χ2n) is 5.48. The number of nitrogens with zero attached hydrogens (tertiary/aromatic N) is 4. The Labute approximate surface area is 122 Å². The van der Waals surface area contributed by atoms with Crippen molar-refractivity contribution in [3.05, 3.63) is 34.6 Å². The lowest BCUT2D eigenvalue weighted by Crippen LogP contribution is -2.19. The zero-order valence-electron chi connectivity index (χ0n) is 11.8. The molecule has 0 saturated carbocycles. The fourth-order valence-electron chi connectivity index (χ4n) is 2.73. The number of benzene rings is 1. The van der Waals surface area contributed by atoms with Crippen LogP contribution < -0.4 is 5.32 Å². The van der Waals surface area contributed by atoms with Crippen LogP contribution in [0.25, 0.3) is 10.9 Å². The molecule has 1 unspecified atom stereocenters. The molecule has 1 saturated heterocycles. The molecule has 110 valence electrons. The lowest BCUT2D eigenvalue weighted by Gasteiger charge is -2.13. The van der Waals surface area contributed by atoms with Gasteiger partial charge in [0.2, 0.25) is 0 Å². The summed E-state index contributed by atoms with van der Waals surface area (Å²) >= 11 is 0. The predicted molar refractivity (Wildman–Crippen MR) is 80.3 cm³/mol. The molecule has 1 aliphatic rings. The number of nitro groups is 1. The van der Waals surface area contributed by atoms with Crippen molar-refractivity contribution in [3.63, 3.8) is 0 Å². The smallest absolute Gasteiger partial charge is 0.270 e. The zero-order chi connectivity index (χ0) is 14.8. The molecule has 7 heteroatoms. The van der Waals surface area contributed by atoms with Gasteiger partial charge in [0.1, 0.15) is 12.1 Å². The molecule has 3 rings (SSSR count). The average molecular weight is 287 g/mol. The number of likely N-dealkylation sites (tertiary alicyclic amines) is 1. The molecule has 2 heterocycles. The van der Waals surface area contributed by atoms with Gasteiger partial charge >= 0.3 is 0 Å². The van der Waals surface area contributed by atoms with Gasteiger partial charge in [-0.2, -0.15) is 0 Å². The van der Waals surface area contributed by atoms with Gasteiger partial charge in [0.05, 0.1) is 10.4 Å². The second kappa shape index (κ2) is 5.61. The Morgan fingerprint density at radius 2 is 2.33 bits per heavy atom.